The number of hydrogen-bond donors (Lipinski definition) is 2. The number of halogens is 1. The van der Waals surface area contributed by atoms with Crippen molar-refractivity contribution in [3.63, 3.8) is 0 Å². The van der Waals surface area contributed by atoms with Crippen molar-refractivity contribution in [3.05, 3.63) is 38.3 Å². The van der Waals surface area contributed by atoms with E-state index in [4.69, 9.17) is 0 Å². The van der Waals surface area contributed by atoms with Crippen molar-refractivity contribution in [3.8, 4) is 0 Å². The summed E-state index contributed by atoms with van der Waals surface area (Å²) < 4.78 is 0.377. The number of carbonyl (C=O) groups excluding carboxylic acids is 1. The number of quaternary nitrogens is 1. The van der Waals surface area contributed by atoms with Crippen molar-refractivity contribution in [2.24, 2.45) is 0 Å². The molecule has 1 saturated heterocycles. The Labute approximate surface area is 144 Å². The topological polar surface area (TPSA) is 76.7 Å². The Hall–Kier alpha value is -1.47. The first-order valence-corrected chi connectivity index (χ1v) is 8.85. The van der Waals surface area contributed by atoms with Crippen molar-refractivity contribution < 1.29 is 14.6 Å². The van der Waals surface area contributed by atoms with Crippen LogP contribution in [-0.4, -0.2) is 36.5 Å². The van der Waals surface area contributed by atoms with Gasteiger partial charge in [0.05, 0.1) is 28.5 Å². The van der Waals surface area contributed by atoms with Gasteiger partial charge in [-0.2, -0.15) is 0 Å². The highest BCUT2D eigenvalue weighted by Crippen LogP contribution is 2.25. The molecule has 0 saturated carbocycles. The number of nitrogens with one attached hydrogen (secondary N) is 2. The minimum Gasteiger partial charge on any atom is -0.352 e. The van der Waals surface area contributed by atoms with Gasteiger partial charge in [-0.05, 0) is 54.2 Å². The second-order valence-corrected chi connectivity index (χ2v) is 6.94. The van der Waals surface area contributed by atoms with Crippen LogP contribution in [0.2, 0.25) is 0 Å². The van der Waals surface area contributed by atoms with E-state index < -0.39 is 4.92 Å². The van der Waals surface area contributed by atoms with Crippen LogP contribution in [0.15, 0.2) is 22.7 Å². The van der Waals surface area contributed by atoms with Crippen molar-refractivity contribution >= 4 is 27.5 Å². The van der Waals surface area contributed by atoms with Crippen LogP contribution in [0.3, 0.4) is 0 Å². The maximum Gasteiger partial charge on any atom is 0.284 e. The standard InChI is InChI=1S/C16H22BrN3O3/c1-12-5-2-3-9-19(12)10-4-8-18-16(21)13-6-7-14(17)15(11-13)20(22)23/h6-7,11-12H,2-5,8-10H2,1H3,(H,18,21)/p+1/t12-/m1/s1. The van der Waals surface area contributed by atoms with Gasteiger partial charge < -0.3 is 10.2 Å². The maximum atomic E-state index is 12.1. The van der Waals surface area contributed by atoms with E-state index in [1.807, 2.05) is 0 Å². The summed E-state index contributed by atoms with van der Waals surface area (Å²) in [6, 6.07) is 5.13. The molecular weight excluding hydrogens is 362 g/mol. The molecular formula is C16H23BrN3O3+. The average Bonchev–Trinajstić information content (AvgIpc) is 2.53. The van der Waals surface area contributed by atoms with Gasteiger partial charge in [-0.15, -0.1) is 0 Å². The lowest BCUT2D eigenvalue weighted by Gasteiger charge is -2.30. The third-order valence-electron chi connectivity index (χ3n) is 4.45. The molecule has 1 fully saturated rings. The number of benzene rings is 1. The Bertz CT molecular complexity index is 580. The number of rotatable bonds is 6. The van der Waals surface area contributed by atoms with E-state index in [2.05, 4.69) is 28.2 Å². The first-order valence-electron chi connectivity index (χ1n) is 8.05. The Balaban J connectivity index is 1.81. The van der Waals surface area contributed by atoms with Crippen LogP contribution in [-0.2, 0) is 0 Å². The number of nitrogens with zero attached hydrogens (tertiary/aromatic N) is 1. The summed E-state index contributed by atoms with van der Waals surface area (Å²) in [6.45, 7) is 5.16. The van der Waals surface area contributed by atoms with Gasteiger partial charge in [0.1, 0.15) is 0 Å². The molecule has 1 unspecified atom stereocenters. The second kappa shape index (κ2) is 8.40. The Morgan fingerprint density at radius 2 is 2.26 bits per heavy atom. The molecule has 0 bridgehead atoms. The number of piperidine rings is 1. The van der Waals surface area contributed by atoms with Crippen LogP contribution < -0.4 is 10.2 Å². The Morgan fingerprint density at radius 1 is 1.48 bits per heavy atom. The SMILES string of the molecule is C[C@@H]1CCCC[NH+]1CCCNC(=O)c1ccc(Br)c([N+](=O)[O-])c1. The molecule has 0 spiro atoms. The number of carbonyl (C=O) groups is 1. The molecule has 1 aliphatic rings. The molecule has 1 amide bonds. The lowest BCUT2D eigenvalue weighted by atomic mass is 10.0. The predicted octanol–water partition coefficient (Wildman–Crippen LogP) is 1.93. The second-order valence-electron chi connectivity index (χ2n) is 6.09. The normalized spacial score (nSPS) is 21.0. The number of hydrogen-bond acceptors (Lipinski definition) is 3. The summed E-state index contributed by atoms with van der Waals surface area (Å²) >= 11 is 3.12. The summed E-state index contributed by atoms with van der Waals surface area (Å²) in [5.41, 5.74) is 0.225. The van der Waals surface area contributed by atoms with E-state index in [1.165, 1.54) is 37.9 Å². The van der Waals surface area contributed by atoms with Crippen molar-refractivity contribution in [2.45, 2.75) is 38.6 Å². The highest BCUT2D eigenvalue weighted by Gasteiger charge is 2.21. The lowest BCUT2D eigenvalue weighted by Crippen LogP contribution is -3.16. The fourth-order valence-electron chi connectivity index (χ4n) is 3.04. The largest absolute Gasteiger partial charge is 0.352 e. The average molecular weight is 385 g/mol. The third-order valence-corrected chi connectivity index (χ3v) is 5.12. The molecule has 2 rings (SSSR count). The van der Waals surface area contributed by atoms with Crippen LogP contribution in [0.25, 0.3) is 0 Å². The van der Waals surface area contributed by atoms with Gasteiger partial charge in [0, 0.05) is 24.6 Å². The zero-order valence-electron chi connectivity index (χ0n) is 13.3. The highest BCUT2D eigenvalue weighted by molar-refractivity contribution is 9.10. The fraction of sp³-hybridized carbons (Fsp3) is 0.562. The van der Waals surface area contributed by atoms with Crippen LogP contribution >= 0.6 is 15.9 Å². The van der Waals surface area contributed by atoms with Gasteiger partial charge in [0.2, 0.25) is 0 Å². The first kappa shape index (κ1) is 17.9. The molecule has 1 heterocycles. The molecule has 7 heteroatoms. The Kier molecular flexibility index (Phi) is 6.53. The lowest BCUT2D eigenvalue weighted by molar-refractivity contribution is -0.928. The number of likely N-dealkylation sites (tertiary alicyclic amines) is 1. The van der Waals surface area contributed by atoms with Crippen molar-refractivity contribution in [2.75, 3.05) is 19.6 Å². The fourth-order valence-corrected chi connectivity index (χ4v) is 3.43. The molecule has 0 aromatic heterocycles. The zero-order chi connectivity index (χ0) is 16.8. The van der Waals surface area contributed by atoms with Crippen LogP contribution in [0.1, 0.15) is 43.0 Å². The van der Waals surface area contributed by atoms with E-state index in [0.29, 0.717) is 22.6 Å². The van der Waals surface area contributed by atoms with Crippen LogP contribution in [0, 0.1) is 10.1 Å². The van der Waals surface area contributed by atoms with Crippen LogP contribution in [0.4, 0.5) is 5.69 Å². The summed E-state index contributed by atoms with van der Waals surface area (Å²) in [5, 5.41) is 13.8. The smallest absolute Gasteiger partial charge is 0.284 e. The minimum atomic E-state index is -0.498. The van der Waals surface area contributed by atoms with E-state index in [-0.39, 0.29) is 11.6 Å². The maximum absolute atomic E-state index is 12.1. The van der Waals surface area contributed by atoms with E-state index in [1.54, 1.807) is 11.0 Å². The number of amides is 1. The first-order chi connectivity index (χ1) is 11.0. The van der Waals surface area contributed by atoms with Gasteiger partial charge in [0.15, 0.2) is 0 Å². The van der Waals surface area contributed by atoms with Gasteiger partial charge in [-0.25, -0.2) is 0 Å². The molecule has 1 aromatic carbocycles. The monoisotopic (exact) mass is 384 g/mol. The molecule has 2 atom stereocenters. The van der Waals surface area contributed by atoms with Crippen molar-refractivity contribution in [1.82, 2.24) is 5.32 Å². The van der Waals surface area contributed by atoms with Crippen molar-refractivity contribution in [1.29, 1.82) is 0 Å². The Morgan fingerprint density at radius 3 is 2.96 bits per heavy atom. The van der Waals surface area contributed by atoms with E-state index in [0.717, 1.165) is 13.0 Å². The molecule has 0 aliphatic carbocycles. The summed E-state index contributed by atoms with van der Waals surface area (Å²) in [6.07, 6.45) is 4.81. The summed E-state index contributed by atoms with van der Waals surface area (Å²) in [4.78, 5) is 24.1. The molecule has 126 valence electrons. The van der Waals surface area contributed by atoms with Gasteiger partial charge in [-0.1, -0.05) is 0 Å². The summed E-state index contributed by atoms with van der Waals surface area (Å²) in [5.74, 6) is -0.262. The zero-order valence-corrected chi connectivity index (χ0v) is 14.9. The minimum absolute atomic E-state index is 0.0933. The van der Waals surface area contributed by atoms with E-state index in [9.17, 15) is 14.9 Å². The third kappa shape index (κ3) is 5.00. The predicted molar refractivity (Wildman–Crippen MR) is 91.8 cm³/mol. The van der Waals surface area contributed by atoms with Gasteiger partial charge >= 0.3 is 0 Å². The summed E-state index contributed by atoms with van der Waals surface area (Å²) in [7, 11) is 0. The van der Waals surface area contributed by atoms with E-state index >= 15 is 0 Å². The molecule has 1 aliphatic heterocycles. The molecule has 23 heavy (non-hydrogen) atoms. The highest BCUT2D eigenvalue weighted by atomic mass is 79.9. The number of nitro benzene ring substituents is 1. The van der Waals surface area contributed by atoms with Gasteiger partial charge in [0.25, 0.3) is 11.6 Å². The number of nitro groups is 1. The van der Waals surface area contributed by atoms with Gasteiger partial charge in [-0.3, -0.25) is 14.9 Å². The molecule has 1 aromatic rings. The quantitative estimate of drug-likeness (QED) is 0.446. The molecule has 6 nitrogen and oxygen atoms in total. The molecule has 2 N–H and O–H groups in total. The molecule has 0 radical (unpaired) electrons. The van der Waals surface area contributed by atoms with Crippen LogP contribution in [0.5, 0.6) is 0 Å².